The van der Waals surface area contributed by atoms with Crippen LogP contribution in [0.2, 0.25) is 0 Å². The molecule has 37 heavy (non-hydrogen) atoms. The molecule has 0 spiro atoms. The lowest BCUT2D eigenvalue weighted by atomic mass is 9.86. The molecule has 0 radical (unpaired) electrons. The maximum Gasteiger partial charge on any atom is 0.323 e. The van der Waals surface area contributed by atoms with Gasteiger partial charge in [0.25, 0.3) is 0 Å². The van der Waals surface area contributed by atoms with Gasteiger partial charge in [0.1, 0.15) is 18.2 Å². The van der Waals surface area contributed by atoms with Gasteiger partial charge in [-0.1, -0.05) is 121 Å². The molecule has 1 saturated heterocycles. The van der Waals surface area contributed by atoms with Crippen molar-refractivity contribution < 1.29 is 19.1 Å². The Morgan fingerprint density at radius 3 is 2.05 bits per heavy atom. The van der Waals surface area contributed by atoms with Crippen molar-refractivity contribution in [1.82, 2.24) is 0 Å². The summed E-state index contributed by atoms with van der Waals surface area (Å²) in [6.07, 6.45) is 18.2. The second kappa shape index (κ2) is 20.4. The Hall–Kier alpha value is -1.59. The number of nitrogens with two attached hydrogens (primary N) is 1. The first-order valence-corrected chi connectivity index (χ1v) is 14.8. The van der Waals surface area contributed by atoms with E-state index in [0.717, 1.165) is 44.1 Å². The number of ether oxygens (including phenoxy) is 2. The molecule has 0 unspecified atom stereocenters. The van der Waals surface area contributed by atoms with Crippen LogP contribution in [-0.2, 0) is 25.5 Å². The summed E-state index contributed by atoms with van der Waals surface area (Å²) in [7, 11) is 0. The van der Waals surface area contributed by atoms with Gasteiger partial charge in [-0.3, -0.25) is 9.59 Å². The summed E-state index contributed by atoms with van der Waals surface area (Å²) in [5.41, 5.74) is 7.23. The zero-order valence-corrected chi connectivity index (χ0v) is 24.2. The van der Waals surface area contributed by atoms with Crippen molar-refractivity contribution in [3.63, 3.8) is 0 Å². The lowest BCUT2D eigenvalue weighted by Crippen LogP contribution is -2.47. The Labute approximate surface area is 232 Å². The Morgan fingerprint density at radius 2 is 1.46 bits per heavy atom. The van der Waals surface area contributed by atoms with E-state index in [2.05, 4.69) is 13.8 Å². The molecule has 2 N–H and O–H groups in total. The van der Waals surface area contributed by atoms with Crippen molar-refractivity contribution in [2.75, 3.05) is 0 Å². The topological polar surface area (TPSA) is 78.6 Å². The fourth-order valence-electron chi connectivity index (χ4n) is 5.08. The predicted molar refractivity (Wildman–Crippen MR) is 154 cm³/mol. The molecule has 5 nitrogen and oxygen atoms in total. The highest BCUT2D eigenvalue weighted by Crippen LogP contribution is 2.32. The Balaban J connectivity index is 0.00000684. The maximum absolute atomic E-state index is 12.8. The van der Waals surface area contributed by atoms with Crippen LogP contribution in [0.1, 0.15) is 122 Å². The molecule has 0 aliphatic carbocycles. The number of hydrogen-bond acceptors (Lipinski definition) is 5. The summed E-state index contributed by atoms with van der Waals surface area (Å²) < 4.78 is 11.4. The van der Waals surface area contributed by atoms with Crippen LogP contribution in [0.3, 0.4) is 0 Å². The molecule has 2 rings (SSSR count). The van der Waals surface area contributed by atoms with Crippen molar-refractivity contribution in [1.29, 1.82) is 0 Å². The van der Waals surface area contributed by atoms with Crippen LogP contribution < -0.4 is 5.73 Å². The van der Waals surface area contributed by atoms with Gasteiger partial charge in [-0.2, -0.15) is 0 Å². The second-order valence-electron chi connectivity index (χ2n) is 10.6. The monoisotopic (exact) mass is 537 g/mol. The molecule has 4 atom stereocenters. The number of carbonyl (C=O) groups is 2. The zero-order valence-electron chi connectivity index (χ0n) is 23.3. The number of hydrogen-bond donors (Lipinski definition) is 1. The fourth-order valence-corrected chi connectivity index (χ4v) is 5.08. The van der Waals surface area contributed by atoms with Crippen molar-refractivity contribution >= 4 is 24.3 Å². The van der Waals surface area contributed by atoms with Crippen molar-refractivity contribution in [2.24, 2.45) is 11.7 Å². The summed E-state index contributed by atoms with van der Waals surface area (Å²) in [6, 6.07) is 9.12. The first-order valence-electron chi connectivity index (χ1n) is 14.8. The third-order valence-electron chi connectivity index (χ3n) is 7.40. The van der Waals surface area contributed by atoms with Crippen LogP contribution in [-0.4, -0.2) is 30.2 Å². The van der Waals surface area contributed by atoms with Crippen LogP contribution in [0, 0.1) is 5.92 Å². The SMILES string of the molecule is CCCCCCCCCCC[C@@H](C[C@@H]1OC(=O)[C@H]1CCCCCC)OC(=O)[C@@H](N)Cc1ccccc1.Cl. The highest BCUT2D eigenvalue weighted by atomic mass is 35.5. The summed E-state index contributed by atoms with van der Waals surface area (Å²) in [6.45, 7) is 4.44. The van der Waals surface area contributed by atoms with Gasteiger partial charge in [0, 0.05) is 6.42 Å². The smallest absolute Gasteiger partial charge is 0.323 e. The number of benzene rings is 1. The van der Waals surface area contributed by atoms with Crippen LogP contribution in [0.25, 0.3) is 0 Å². The van der Waals surface area contributed by atoms with Crippen molar-refractivity contribution in [3.05, 3.63) is 35.9 Å². The summed E-state index contributed by atoms with van der Waals surface area (Å²) in [5, 5.41) is 0. The van der Waals surface area contributed by atoms with E-state index in [9.17, 15) is 9.59 Å². The summed E-state index contributed by atoms with van der Waals surface area (Å²) in [4.78, 5) is 24.9. The van der Waals surface area contributed by atoms with Gasteiger partial charge in [0.15, 0.2) is 0 Å². The molecule has 0 aromatic heterocycles. The number of cyclic esters (lactones) is 1. The summed E-state index contributed by atoms with van der Waals surface area (Å²) in [5.74, 6) is -0.500. The fraction of sp³-hybridized carbons (Fsp3) is 0.742. The number of rotatable bonds is 21. The maximum atomic E-state index is 12.8. The molecule has 212 valence electrons. The van der Waals surface area contributed by atoms with Gasteiger partial charge >= 0.3 is 11.9 Å². The molecular formula is C31H52ClNO4. The van der Waals surface area contributed by atoms with Crippen LogP contribution >= 0.6 is 12.4 Å². The van der Waals surface area contributed by atoms with Crippen LogP contribution in [0.15, 0.2) is 30.3 Å². The molecule has 1 aliphatic heterocycles. The number of unbranched alkanes of at least 4 members (excludes halogenated alkanes) is 11. The minimum atomic E-state index is -0.688. The number of carbonyl (C=O) groups excluding carboxylic acids is 2. The van der Waals surface area contributed by atoms with E-state index in [0.29, 0.717) is 12.8 Å². The first-order chi connectivity index (χ1) is 17.5. The quantitative estimate of drug-likeness (QED) is 0.128. The van der Waals surface area contributed by atoms with Crippen LogP contribution in [0.5, 0.6) is 0 Å². The molecule has 1 heterocycles. The third-order valence-corrected chi connectivity index (χ3v) is 7.40. The molecule has 0 amide bonds. The van der Waals surface area contributed by atoms with Gasteiger partial charge in [0.05, 0.1) is 5.92 Å². The first kappa shape index (κ1) is 33.4. The minimum absolute atomic E-state index is 0. The normalized spacial score (nSPS) is 18.3. The van der Waals surface area contributed by atoms with E-state index in [1.54, 1.807) is 0 Å². The van der Waals surface area contributed by atoms with Gasteiger partial charge in [-0.15, -0.1) is 12.4 Å². The standard InChI is InChI=1S/C31H51NO4.ClH/c1-3-5-7-9-10-11-12-13-17-21-26(24-29-27(30(33)36-29)22-18-8-6-4-2)35-31(34)28(32)23-25-19-15-14-16-20-25;/h14-16,19-20,26-29H,3-13,17-18,21-24,32H2,1-2H3;1H/t26-,27-,28-,29-;/m0./s1. The van der Waals surface area contributed by atoms with Crippen molar-refractivity contribution in [3.8, 4) is 0 Å². The molecule has 1 fully saturated rings. The average Bonchev–Trinajstić information content (AvgIpc) is 2.87. The van der Waals surface area contributed by atoms with E-state index in [-0.39, 0.29) is 42.5 Å². The number of halogens is 1. The molecule has 1 aromatic rings. The van der Waals surface area contributed by atoms with Gasteiger partial charge < -0.3 is 15.2 Å². The minimum Gasteiger partial charge on any atom is -0.461 e. The van der Waals surface area contributed by atoms with E-state index >= 15 is 0 Å². The molecule has 0 bridgehead atoms. The lowest BCUT2D eigenvalue weighted by Gasteiger charge is -2.37. The Morgan fingerprint density at radius 1 is 0.892 bits per heavy atom. The number of esters is 2. The van der Waals surface area contributed by atoms with Crippen molar-refractivity contribution in [2.45, 2.75) is 141 Å². The Kier molecular flexibility index (Phi) is 18.4. The van der Waals surface area contributed by atoms with Crippen LogP contribution in [0.4, 0.5) is 0 Å². The van der Waals surface area contributed by atoms with E-state index in [4.69, 9.17) is 15.2 Å². The molecule has 0 saturated carbocycles. The highest BCUT2D eigenvalue weighted by Gasteiger charge is 2.43. The largest absolute Gasteiger partial charge is 0.461 e. The lowest BCUT2D eigenvalue weighted by molar-refractivity contribution is -0.190. The summed E-state index contributed by atoms with van der Waals surface area (Å²) >= 11 is 0. The van der Waals surface area contributed by atoms with Gasteiger partial charge in [0.2, 0.25) is 0 Å². The van der Waals surface area contributed by atoms with E-state index < -0.39 is 6.04 Å². The molecule has 6 heteroatoms. The van der Waals surface area contributed by atoms with Gasteiger partial charge in [-0.05, 0) is 31.2 Å². The van der Waals surface area contributed by atoms with Gasteiger partial charge in [-0.25, -0.2) is 0 Å². The molecule has 1 aromatic carbocycles. The van der Waals surface area contributed by atoms with E-state index in [1.165, 1.54) is 57.8 Å². The molecule has 1 aliphatic rings. The average molecular weight is 538 g/mol. The molecular weight excluding hydrogens is 486 g/mol. The third kappa shape index (κ3) is 13.7. The second-order valence-corrected chi connectivity index (χ2v) is 10.6. The Bertz CT molecular complexity index is 729. The van der Waals surface area contributed by atoms with E-state index in [1.807, 2.05) is 30.3 Å². The zero-order chi connectivity index (χ0) is 26.0. The highest BCUT2D eigenvalue weighted by molar-refractivity contribution is 5.85. The predicted octanol–water partition coefficient (Wildman–Crippen LogP) is 7.71.